The summed E-state index contributed by atoms with van der Waals surface area (Å²) in [6.07, 6.45) is 0. The first kappa shape index (κ1) is 15.1. The molecule has 2 N–H and O–H groups in total. The van der Waals surface area contributed by atoms with Gasteiger partial charge in [0, 0.05) is 44.0 Å². The van der Waals surface area contributed by atoms with Gasteiger partial charge in [-0.05, 0) is 24.3 Å². The molecular weight excluding hydrogens is 301 g/mol. The molecule has 1 aliphatic heterocycles. The van der Waals surface area contributed by atoms with Crippen molar-refractivity contribution in [1.82, 2.24) is 9.88 Å². The van der Waals surface area contributed by atoms with Gasteiger partial charge in [-0.1, -0.05) is 0 Å². The lowest BCUT2D eigenvalue weighted by molar-refractivity contribution is 0.0746. The fourth-order valence-corrected chi connectivity index (χ4v) is 2.65. The quantitative estimate of drug-likeness (QED) is 0.872. The molecule has 1 saturated heterocycles. The van der Waals surface area contributed by atoms with Crippen LogP contribution in [0.1, 0.15) is 10.4 Å². The molecule has 7 heteroatoms. The van der Waals surface area contributed by atoms with Crippen molar-refractivity contribution >= 4 is 11.6 Å². The molecule has 0 atom stereocenters. The molecular formula is C16H16FN3O3. The van der Waals surface area contributed by atoms with Crippen LogP contribution in [0.5, 0.6) is 5.88 Å². The first-order valence-electron chi connectivity index (χ1n) is 7.26. The molecule has 0 bridgehead atoms. The summed E-state index contributed by atoms with van der Waals surface area (Å²) in [5.41, 5.74) is 0.562. The Kier molecular flexibility index (Phi) is 4.01. The zero-order valence-electron chi connectivity index (χ0n) is 12.3. The van der Waals surface area contributed by atoms with Crippen LogP contribution in [0, 0.1) is 5.82 Å². The Morgan fingerprint density at radius 3 is 2.35 bits per heavy atom. The minimum absolute atomic E-state index is 0.168. The fourth-order valence-electron chi connectivity index (χ4n) is 2.65. The van der Waals surface area contributed by atoms with Gasteiger partial charge in [0.2, 0.25) is 0 Å². The summed E-state index contributed by atoms with van der Waals surface area (Å²) in [5.74, 6) is -0.896. The number of nitrogens with zero attached hydrogens (tertiary/aromatic N) is 2. The van der Waals surface area contributed by atoms with Crippen LogP contribution in [0.2, 0.25) is 0 Å². The van der Waals surface area contributed by atoms with E-state index in [1.165, 1.54) is 24.3 Å². The lowest BCUT2D eigenvalue weighted by Crippen LogP contribution is -2.48. The Labute approximate surface area is 131 Å². The summed E-state index contributed by atoms with van der Waals surface area (Å²) in [4.78, 5) is 29.6. The Morgan fingerprint density at radius 2 is 1.74 bits per heavy atom. The topological polar surface area (TPSA) is 76.6 Å². The average Bonchev–Trinajstić information content (AvgIpc) is 2.54. The molecule has 1 aliphatic rings. The van der Waals surface area contributed by atoms with Crippen molar-refractivity contribution in [2.24, 2.45) is 0 Å². The molecule has 3 rings (SSSR count). The molecule has 23 heavy (non-hydrogen) atoms. The highest BCUT2D eigenvalue weighted by Gasteiger charge is 2.23. The summed E-state index contributed by atoms with van der Waals surface area (Å²) in [5, 5.41) is 9.39. The largest absolute Gasteiger partial charge is 0.494 e. The lowest BCUT2D eigenvalue weighted by Gasteiger charge is -2.36. The van der Waals surface area contributed by atoms with Gasteiger partial charge in [0.15, 0.2) is 5.88 Å². The number of halogens is 1. The number of aromatic hydroxyl groups is 1. The molecule has 1 amide bonds. The van der Waals surface area contributed by atoms with Crippen LogP contribution in [-0.4, -0.2) is 47.1 Å². The normalized spacial score (nSPS) is 14.8. The molecule has 2 heterocycles. The predicted molar refractivity (Wildman–Crippen MR) is 83.2 cm³/mol. The molecule has 1 aromatic carbocycles. The standard InChI is InChI=1S/C16H16FN3O3/c17-12-1-3-13(4-2-12)19-5-7-20(8-6-19)16(23)11-9-14(21)18-15(22)10-11/h1-4,9-10H,5-8H2,(H2,18,21,22). The second-order valence-corrected chi connectivity index (χ2v) is 5.37. The molecule has 0 spiro atoms. The fraction of sp³-hybridized carbons (Fsp3) is 0.250. The van der Waals surface area contributed by atoms with E-state index in [-0.39, 0.29) is 23.2 Å². The Bertz CT molecular complexity index is 765. The van der Waals surface area contributed by atoms with Gasteiger partial charge in [0.25, 0.3) is 11.5 Å². The Balaban J connectivity index is 1.67. The molecule has 1 fully saturated rings. The lowest BCUT2D eigenvalue weighted by atomic mass is 10.2. The third-order valence-corrected chi connectivity index (χ3v) is 3.84. The minimum Gasteiger partial charge on any atom is -0.494 e. The van der Waals surface area contributed by atoms with E-state index in [2.05, 4.69) is 9.88 Å². The van der Waals surface area contributed by atoms with E-state index < -0.39 is 5.56 Å². The van der Waals surface area contributed by atoms with Gasteiger partial charge < -0.3 is 14.9 Å². The van der Waals surface area contributed by atoms with Crippen molar-refractivity contribution in [3.63, 3.8) is 0 Å². The SMILES string of the molecule is O=C(c1cc(O)[nH]c(=O)c1)N1CCN(c2ccc(F)cc2)CC1. The van der Waals surface area contributed by atoms with Gasteiger partial charge in [0.1, 0.15) is 5.82 Å². The number of benzene rings is 1. The number of carbonyl (C=O) groups excluding carboxylic acids is 1. The predicted octanol–water partition coefficient (Wildman–Crippen LogP) is 1.18. The third-order valence-electron chi connectivity index (χ3n) is 3.84. The smallest absolute Gasteiger partial charge is 0.254 e. The summed E-state index contributed by atoms with van der Waals surface area (Å²) < 4.78 is 13.0. The van der Waals surface area contributed by atoms with E-state index in [0.717, 1.165) is 5.69 Å². The summed E-state index contributed by atoms with van der Waals surface area (Å²) in [6, 6.07) is 8.66. The van der Waals surface area contributed by atoms with Gasteiger partial charge in [-0.25, -0.2) is 4.39 Å². The van der Waals surface area contributed by atoms with Gasteiger partial charge in [-0.15, -0.1) is 0 Å². The number of piperazine rings is 1. The second kappa shape index (κ2) is 6.12. The minimum atomic E-state index is -0.515. The first-order valence-corrected chi connectivity index (χ1v) is 7.26. The zero-order valence-corrected chi connectivity index (χ0v) is 12.3. The molecule has 0 radical (unpaired) electrons. The number of carbonyl (C=O) groups is 1. The number of hydrogen-bond donors (Lipinski definition) is 2. The van der Waals surface area contributed by atoms with Crippen LogP contribution < -0.4 is 10.5 Å². The number of amides is 1. The van der Waals surface area contributed by atoms with Gasteiger partial charge in [-0.3, -0.25) is 14.6 Å². The van der Waals surface area contributed by atoms with E-state index in [1.807, 2.05) is 0 Å². The van der Waals surface area contributed by atoms with Crippen molar-refractivity contribution < 1.29 is 14.3 Å². The number of pyridine rings is 1. The highest BCUT2D eigenvalue weighted by Crippen LogP contribution is 2.18. The van der Waals surface area contributed by atoms with E-state index in [0.29, 0.717) is 26.2 Å². The van der Waals surface area contributed by atoms with Crippen LogP contribution >= 0.6 is 0 Å². The maximum atomic E-state index is 13.0. The van der Waals surface area contributed by atoms with Gasteiger partial charge in [-0.2, -0.15) is 0 Å². The highest BCUT2D eigenvalue weighted by atomic mass is 19.1. The van der Waals surface area contributed by atoms with Crippen LogP contribution in [0.4, 0.5) is 10.1 Å². The summed E-state index contributed by atoms with van der Waals surface area (Å²) >= 11 is 0. The highest BCUT2D eigenvalue weighted by molar-refractivity contribution is 5.94. The molecule has 120 valence electrons. The molecule has 1 aromatic heterocycles. The van der Waals surface area contributed by atoms with Crippen molar-refractivity contribution in [3.05, 3.63) is 58.1 Å². The number of rotatable bonds is 2. The van der Waals surface area contributed by atoms with Gasteiger partial charge in [0.05, 0.1) is 5.56 Å². The number of aromatic amines is 1. The van der Waals surface area contributed by atoms with Crippen molar-refractivity contribution in [1.29, 1.82) is 0 Å². The number of hydrogen-bond acceptors (Lipinski definition) is 4. The van der Waals surface area contributed by atoms with Crippen LogP contribution in [-0.2, 0) is 0 Å². The van der Waals surface area contributed by atoms with Crippen molar-refractivity contribution in [3.8, 4) is 5.88 Å². The van der Waals surface area contributed by atoms with Crippen molar-refractivity contribution in [2.45, 2.75) is 0 Å². The molecule has 0 aliphatic carbocycles. The molecule has 0 saturated carbocycles. The van der Waals surface area contributed by atoms with E-state index in [4.69, 9.17) is 0 Å². The monoisotopic (exact) mass is 317 g/mol. The number of anilines is 1. The van der Waals surface area contributed by atoms with E-state index in [9.17, 15) is 19.1 Å². The van der Waals surface area contributed by atoms with Gasteiger partial charge >= 0.3 is 0 Å². The summed E-state index contributed by atoms with van der Waals surface area (Å²) in [7, 11) is 0. The van der Waals surface area contributed by atoms with E-state index in [1.54, 1.807) is 17.0 Å². The molecule has 6 nitrogen and oxygen atoms in total. The maximum absolute atomic E-state index is 13.0. The average molecular weight is 317 g/mol. The number of aromatic nitrogens is 1. The first-order chi connectivity index (χ1) is 11.0. The Hall–Kier alpha value is -2.83. The molecule has 2 aromatic rings. The second-order valence-electron chi connectivity index (χ2n) is 5.37. The Morgan fingerprint density at radius 1 is 1.09 bits per heavy atom. The maximum Gasteiger partial charge on any atom is 0.254 e. The van der Waals surface area contributed by atoms with Crippen molar-refractivity contribution in [2.75, 3.05) is 31.1 Å². The van der Waals surface area contributed by atoms with Crippen LogP contribution in [0.15, 0.2) is 41.2 Å². The molecule has 0 unspecified atom stereocenters. The zero-order chi connectivity index (χ0) is 16.4. The van der Waals surface area contributed by atoms with Crippen LogP contribution in [0.3, 0.4) is 0 Å². The number of nitrogens with one attached hydrogen (secondary N) is 1. The summed E-state index contributed by atoms with van der Waals surface area (Å²) in [6.45, 7) is 2.21. The third kappa shape index (κ3) is 3.33. The number of H-pyrrole nitrogens is 1. The van der Waals surface area contributed by atoms with Crippen LogP contribution in [0.25, 0.3) is 0 Å². The van der Waals surface area contributed by atoms with E-state index >= 15 is 0 Å².